The lowest BCUT2D eigenvalue weighted by Crippen LogP contribution is -2.12. The molecule has 2 aromatic carbocycles. The van der Waals surface area contributed by atoms with Gasteiger partial charge < -0.3 is 14.5 Å². The molecular formula is C19H17F2NO3. The monoisotopic (exact) mass is 345 g/mol. The summed E-state index contributed by atoms with van der Waals surface area (Å²) in [6.45, 7) is 1.01. The molecule has 0 saturated heterocycles. The van der Waals surface area contributed by atoms with E-state index in [1.165, 1.54) is 24.3 Å². The van der Waals surface area contributed by atoms with Crippen LogP contribution in [0.15, 0.2) is 46.9 Å². The Hall–Kier alpha value is -2.89. The number of amides is 1. The van der Waals surface area contributed by atoms with E-state index in [0.29, 0.717) is 11.3 Å². The summed E-state index contributed by atoms with van der Waals surface area (Å²) < 4.78 is 34.2. The minimum atomic E-state index is -2.88. The summed E-state index contributed by atoms with van der Waals surface area (Å²) in [7, 11) is 0. The molecule has 4 nitrogen and oxygen atoms in total. The molecule has 6 heteroatoms. The van der Waals surface area contributed by atoms with Crippen LogP contribution in [0.2, 0.25) is 0 Å². The minimum Gasteiger partial charge on any atom is -0.451 e. The first-order valence-corrected chi connectivity index (χ1v) is 7.86. The predicted molar refractivity (Wildman–Crippen MR) is 91.4 cm³/mol. The summed E-state index contributed by atoms with van der Waals surface area (Å²) >= 11 is 0. The second-order valence-corrected chi connectivity index (χ2v) is 5.60. The largest absolute Gasteiger partial charge is 0.451 e. The zero-order valence-corrected chi connectivity index (χ0v) is 13.8. The van der Waals surface area contributed by atoms with Crippen LogP contribution < -0.4 is 10.1 Å². The molecule has 0 spiro atoms. The molecule has 1 aromatic heterocycles. The van der Waals surface area contributed by atoms with Crippen LogP contribution in [0.5, 0.6) is 5.75 Å². The molecule has 130 valence electrons. The maximum atomic E-state index is 12.5. The topological polar surface area (TPSA) is 51.5 Å². The average molecular weight is 345 g/mol. The number of halogens is 2. The third-order valence-electron chi connectivity index (χ3n) is 3.95. The van der Waals surface area contributed by atoms with Crippen LogP contribution in [-0.2, 0) is 6.42 Å². The van der Waals surface area contributed by atoms with Crippen molar-refractivity contribution < 1.29 is 22.7 Å². The lowest BCUT2D eigenvalue weighted by atomic mass is 10.1. The summed E-state index contributed by atoms with van der Waals surface area (Å²) in [5, 5.41) is 3.60. The van der Waals surface area contributed by atoms with E-state index in [-0.39, 0.29) is 11.5 Å². The molecule has 1 amide bonds. The van der Waals surface area contributed by atoms with Crippen LogP contribution in [0.3, 0.4) is 0 Å². The third-order valence-corrected chi connectivity index (χ3v) is 3.95. The van der Waals surface area contributed by atoms with Gasteiger partial charge in [-0.3, -0.25) is 4.79 Å². The Morgan fingerprint density at radius 3 is 2.56 bits per heavy atom. The van der Waals surface area contributed by atoms with E-state index < -0.39 is 12.5 Å². The fraction of sp³-hybridized carbons (Fsp3) is 0.211. The van der Waals surface area contributed by atoms with Crippen molar-refractivity contribution in [3.63, 3.8) is 0 Å². The number of rotatable bonds is 5. The van der Waals surface area contributed by atoms with E-state index in [1.807, 2.05) is 25.1 Å². The van der Waals surface area contributed by atoms with Gasteiger partial charge in [-0.05, 0) is 55.3 Å². The zero-order chi connectivity index (χ0) is 18.0. The number of hydrogen-bond donors (Lipinski definition) is 1. The molecule has 0 atom stereocenters. The highest BCUT2D eigenvalue weighted by molar-refractivity contribution is 6.06. The quantitative estimate of drug-likeness (QED) is 0.695. The van der Waals surface area contributed by atoms with Gasteiger partial charge in [0.2, 0.25) is 0 Å². The Kier molecular flexibility index (Phi) is 4.70. The third kappa shape index (κ3) is 3.63. The second-order valence-electron chi connectivity index (χ2n) is 5.60. The first-order chi connectivity index (χ1) is 12.0. The molecule has 3 aromatic rings. The maximum Gasteiger partial charge on any atom is 0.387 e. The van der Waals surface area contributed by atoms with E-state index in [1.54, 1.807) is 0 Å². The van der Waals surface area contributed by atoms with Crippen molar-refractivity contribution in [3.8, 4) is 5.75 Å². The predicted octanol–water partition coefficient (Wildman–Crippen LogP) is 5.16. The Morgan fingerprint density at radius 1 is 1.20 bits per heavy atom. The molecule has 0 fully saturated rings. The lowest BCUT2D eigenvalue weighted by molar-refractivity contribution is -0.0498. The van der Waals surface area contributed by atoms with Crippen LogP contribution in [0.25, 0.3) is 11.0 Å². The molecule has 0 aliphatic carbocycles. The van der Waals surface area contributed by atoms with E-state index >= 15 is 0 Å². The Morgan fingerprint density at radius 2 is 1.92 bits per heavy atom. The molecule has 0 aliphatic heterocycles. The van der Waals surface area contributed by atoms with Gasteiger partial charge in [-0.15, -0.1) is 0 Å². The van der Waals surface area contributed by atoms with Gasteiger partial charge in [-0.1, -0.05) is 13.0 Å². The van der Waals surface area contributed by atoms with E-state index in [0.717, 1.165) is 22.9 Å². The summed E-state index contributed by atoms with van der Waals surface area (Å²) in [4.78, 5) is 12.5. The highest BCUT2D eigenvalue weighted by Crippen LogP contribution is 2.27. The average Bonchev–Trinajstić information content (AvgIpc) is 2.92. The standard InChI is InChI=1S/C19H17F2NO3/c1-3-12-4-9-16-15(10-12)11(2)17(25-16)18(23)22-13-5-7-14(8-6-13)24-19(20)21/h4-10,19H,3H2,1-2H3,(H,22,23). The number of nitrogens with one attached hydrogen (secondary N) is 1. The van der Waals surface area contributed by atoms with Gasteiger partial charge in [-0.2, -0.15) is 8.78 Å². The molecular weight excluding hydrogens is 328 g/mol. The van der Waals surface area contributed by atoms with Crippen molar-refractivity contribution in [1.82, 2.24) is 0 Å². The van der Waals surface area contributed by atoms with Gasteiger partial charge in [0, 0.05) is 16.6 Å². The molecule has 25 heavy (non-hydrogen) atoms. The van der Waals surface area contributed by atoms with E-state index in [2.05, 4.69) is 17.0 Å². The number of carbonyl (C=O) groups excluding carboxylic acids is 1. The molecule has 0 saturated carbocycles. The molecule has 0 radical (unpaired) electrons. The smallest absolute Gasteiger partial charge is 0.387 e. The lowest BCUT2D eigenvalue weighted by Gasteiger charge is -2.07. The zero-order valence-electron chi connectivity index (χ0n) is 13.8. The van der Waals surface area contributed by atoms with E-state index in [4.69, 9.17) is 4.42 Å². The summed E-state index contributed by atoms with van der Waals surface area (Å²) in [6.07, 6.45) is 0.898. The van der Waals surface area contributed by atoms with Gasteiger partial charge in [0.15, 0.2) is 5.76 Å². The van der Waals surface area contributed by atoms with Gasteiger partial charge in [0.25, 0.3) is 5.91 Å². The minimum absolute atomic E-state index is 0.0278. The first kappa shape index (κ1) is 17.0. The fourth-order valence-electron chi connectivity index (χ4n) is 2.61. The molecule has 1 N–H and O–H groups in total. The van der Waals surface area contributed by atoms with Crippen molar-refractivity contribution in [1.29, 1.82) is 0 Å². The van der Waals surface area contributed by atoms with Crippen molar-refractivity contribution in [2.75, 3.05) is 5.32 Å². The molecule has 0 unspecified atom stereocenters. The number of benzene rings is 2. The van der Waals surface area contributed by atoms with Crippen LogP contribution in [-0.4, -0.2) is 12.5 Å². The summed E-state index contributed by atoms with van der Waals surface area (Å²) in [5.41, 5.74) is 3.04. The van der Waals surface area contributed by atoms with Crippen LogP contribution in [0.1, 0.15) is 28.6 Å². The molecule has 3 rings (SSSR count). The Bertz CT molecular complexity index is 901. The normalized spacial score (nSPS) is 11.1. The van der Waals surface area contributed by atoms with Crippen LogP contribution in [0.4, 0.5) is 14.5 Å². The highest BCUT2D eigenvalue weighted by Gasteiger charge is 2.18. The fourth-order valence-corrected chi connectivity index (χ4v) is 2.61. The van der Waals surface area contributed by atoms with E-state index in [9.17, 15) is 13.6 Å². The number of hydrogen-bond acceptors (Lipinski definition) is 3. The van der Waals surface area contributed by atoms with Crippen molar-refractivity contribution in [3.05, 3.63) is 59.4 Å². The van der Waals surface area contributed by atoms with Crippen LogP contribution in [0, 0.1) is 6.92 Å². The maximum absolute atomic E-state index is 12.5. The van der Waals surface area contributed by atoms with Crippen molar-refractivity contribution in [2.45, 2.75) is 26.9 Å². The number of carbonyl (C=O) groups is 1. The molecule has 0 bridgehead atoms. The van der Waals surface area contributed by atoms with Gasteiger partial charge in [0.1, 0.15) is 11.3 Å². The SMILES string of the molecule is CCc1ccc2oc(C(=O)Nc3ccc(OC(F)F)cc3)c(C)c2c1. The van der Waals surface area contributed by atoms with Gasteiger partial charge in [-0.25, -0.2) is 0 Å². The number of fused-ring (bicyclic) bond motifs is 1. The van der Waals surface area contributed by atoms with Gasteiger partial charge >= 0.3 is 6.61 Å². The number of alkyl halides is 2. The summed E-state index contributed by atoms with van der Waals surface area (Å²) in [5.74, 6) is -0.134. The second kappa shape index (κ2) is 6.93. The van der Waals surface area contributed by atoms with Crippen LogP contribution >= 0.6 is 0 Å². The number of aryl methyl sites for hydroxylation is 2. The van der Waals surface area contributed by atoms with Crippen molar-refractivity contribution >= 4 is 22.6 Å². The highest BCUT2D eigenvalue weighted by atomic mass is 19.3. The summed E-state index contributed by atoms with van der Waals surface area (Å²) in [6, 6.07) is 11.5. The first-order valence-electron chi connectivity index (χ1n) is 7.86. The number of ether oxygens (including phenoxy) is 1. The Balaban J connectivity index is 1.81. The Labute approximate surface area is 143 Å². The number of anilines is 1. The molecule has 1 heterocycles. The molecule has 0 aliphatic rings. The van der Waals surface area contributed by atoms with Gasteiger partial charge in [0.05, 0.1) is 0 Å². The number of furan rings is 1. The van der Waals surface area contributed by atoms with Crippen molar-refractivity contribution in [2.24, 2.45) is 0 Å².